The molecule has 400 valence electrons. The Balaban J connectivity index is 2.00. The summed E-state index contributed by atoms with van der Waals surface area (Å²) in [6.07, 6.45) is 3.37. The average Bonchev–Trinajstić information content (AvgIpc) is 3.33. The van der Waals surface area contributed by atoms with Crippen LogP contribution in [0.5, 0.6) is 0 Å². The van der Waals surface area contributed by atoms with E-state index >= 15 is 0 Å². The summed E-state index contributed by atoms with van der Waals surface area (Å²) in [4.78, 5) is 118. The highest BCUT2D eigenvalue weighted by Gasteiger charge is 2.35. The number of likely N-dealkylation sites (N-methyl/N-ethyl adjacent to an activating group) is 1. The molecule has 2 aromatic rings. The van der Waals surface area contributed by atoms with Crippen LogP contribution in [0.2, 0.25) is 0 Å². The molecule has 0 bridgehead atoms. The first-order chi connectivity index (χ1) is 34.2. The zero-order valence-corrected chi connectivity index (χ0v) is 44.2. The third kappa shape index (κ3) is 23.2. The highest BCUT2D eigenvalue weighted by atomic mass is 32.2. The maximum atomic E-state index is 13.7. The summed E-state index contributed by atoms with van der Waals surface area (Å²) < 4.78 is 10.3. The second-order valence-electron chi connectivity index (χ2n) is 18.5. The number of nitrogens with zero attached hydrogens (tertiary/aromatic N) is 1. The van der Waals surface area contributed by atoms with Crippen LogP contribution in [0.25, 0.3) is 0 Å². The predicted octanol–water partition coefficient (Wildman–Crippen LogP) is 5.21. The molecule has 1 unspecified atom stereocenters. The Morgan fingerprint density at radius 2 is 1.26 bits per heavy atom. The molecular formula is C51H79N9O11S. The van der Waals surface area contributed by atoms with Gasteiger partial charge in [-0.1, -0.05) is 91.6 Å². The lowest BCUT2D eigenvalue weighted by molar-refractivity contribution is -0.141. The van der Waals surface area contributed by atoms with Gasteiger partial charge >= 0.3 is 18.1 Å². The summed E-state index contributed by atoms with van der Waals surface area (Å²) in [6, 6.07) is 10.7. The van der Waals surface area contributed by atoms with E-state index in [9.17, 15) is 43.2 Å². The van der Waals surface area contributed by atoms with Gasteiger partial charge in [0.2, 0.25) is 35.4 Å². The van der Waals surface area contributed by atoms with Crippen molar-refractivity contribution in [1.82, 2.24) is 31.5 Å². The number of primary amides is 1. The Kier molecular flexibility index (Phi) is 28.6. The van der Waals surface area contributed by atoms with E-state index in [0.29, 0.717) is 42.7 Å². The van der Waals surface area contributed by atoms with Gasteiger partial charge in [0.15, 0.2) is 0 Å². The molecule has 0 aliphatic heterocycles. The van der Waals surface area contributed by atoms with Crippen LogP contribution in [0.3, 0.4) is 0 Å². The highest BCUT2D eigenvalue weighted by Crippen LogP contribution is 2.19. The molecule has 0 heterocycles. The van der Waals surface area contributed by atoms with E-state index in [1.807, 2.05) is 19.9 Å². The van der Waals surface area contributed by atoms with Crippen LogP contribution >= 0.6 is 11.8 Å². The van der Waals surface area contributed by atoms with E-state index in [4.69, 9.17) is 15.2 Å². The molecule has 9 amide bonds. The number of anilines is 2. The summed E-state index contributed by atoms with van der Waals surface area (Å²) in [5.41, 5.74) is 6.74. The Morgan fingerprint density at radius 1 is 0.653 bits per heavy atom. The number of hydrogen-bond donors (Lipinski definition) is 8. The van der Waals surface area contributed by atoms with Crippen molar-refractivity contribution in [2.24, 2.45) is 23.5 Å². The van der Waals surface area contributed by atoms with Crippen LogP contribution in [0.4, 0.5) is 21.0 Å². The molecule has 0 fully saturated rings. The van der Waals surface area contributed by atoms with Gasteiger partial charge in [-0.05, 0) is 85.4 Å². The number of benzene rings is 2. The van der Waals surface area contributed by atoms with Crippen LogP contribution < -0.4 is 43.0 Å². The molecule has 0 spiro atoms. The van der Waals surface area contributed by atoms with Gasteiger partial charge in [0.05, 0.1) is 18.8 Å². The zero-order valence-electron chi connectivity index (χ0n) is 43.4. The summed E-state index contributed by atoms with van der Waals surface area (Å²) in [6.45, 7) is 13.1. The lowest BCUT2D eigenvalue weighted by atomic mass is 9.99. The molecule has 21 heteroatoms. The van der Waals surface area contributed by atoms with Gasteiger partial charge in [0, 0.05) is 37.9 Å². The number of carbonyl (C=O) groups is 9. The number of unbranched alkanes of at least 4 members (excludes halogenated alkanes) is 3. The Hall–Kier alpha value is -6.38. The lowest BCUT2D eigenvalue weighted by Gasteiger charge is -2.31. The second kappa shape index (κ2) is 33.3. The molecule has 0 saturated carbocycles. The topological polar surface area (TPSA) is 286 Å². The van der Waals surface area contributed by atoms with E-state index < -0.39 is 71.1 Å². The molecule has 0 aliphatic carbocycles. The number of urea groups is 1. The number of rotatable bonds is 32. The minimum atomic E-state index is -1.07. The van der Waals surface area contributed by atoms with Crippen molar-refractivity contribution >= 4 is 76.7 Å². The highest BCUT2D eigenvalue weighted by molar-refractivity contribution is 8.00. The Bertz CT molecular complexity index is 2060. The average molecular weight is 1030 g/mol. The molecule has 0 aromatic heterocycles. The van der Waals surface area contributed by atoms with Crippen molar-refractivity contribution in [2.45, 2.75) is 142 Å². The molecule has 5 atom stereocenters. The van der Waals surface area contributed by atoms with E-state index in [1.165, 1.54) is 30.8 Å². The Labute approximate surface area is 428 Å². The summed E-state index contributed by atoms with van der Waals surface area (Å²) in [5, 5.41) is 18.8. The predicted molar refractivity (Wildman–Crippen MR) is 278 cm³/mol. The van der Waals surface area contributed by atoms with Crippen LogP contribution in [0.1, 0.15) is 112 Å². The fourth-order valence-electron chi connectivity index (χ4n) is 7.29. The number of carbonyl (C=O) groups excluding carboxylic acids is 9. The third-order valence-corrected chi connectivity index (χ3v) is 12.7. The third-order valence-electron chi connectivity index (χ3n) is 11.4. The van der Waals surface area contributed by atoms with Gasteiger partial charge < -0.3 is 52.4 Å². The molecule has 72 heavy (non-hydrogen) atoms. The number of thioether (sulfide) groups is 1. The first-order valence-electron chi connectivity index (χ1n) is 24.7. The van der Waals surface area contributed by atoms with Crippen molar-refractivity contribution < 1.29 is 52.6 Å². The molecule has 9 N–H and O–H groups in total. The van der Waals surface area contributed by atoms with Gasteiger partial charge in [0.1, 0.15) is 30.8 Å². The minimum Gasteiger partial charge on any atom is -0.469 e. The molecule has 0 saturated heterocycles. The number of nitrogens with one attached hydrogen (secondary N) is 7. The van der Waals surface area contributed by atoms with E-state index in [1.54, 1.807) is 76.2 Å². The number of esters is 1. The van der Waals surface area contributed by atoms with Crippen LogP contribution in [-0.2, 0) is 49.6 Å². The van der Waals surface area contributed by atoms with Gasteiger partial charge in [-0.2, -0.15) is 0 Å². The summed E-state index contributed by atoms with van der Waals surface area (Å²) in [5.74, 6) is -3.26. The van der Waals surface area contributed by atoms with E-state index in [0.717, 1.165) is 18.6 Å². The normalized spacial score (nSPS) is 13.1. The molecule has 0 aliphatic rings. The largest absolute Gasteiger partial charge is 0.469 e. The fourth-order valence-corrected chi connectivity index (χ4v) is 8.52. The number of amides is 9. The van der Waals surface area contributed by atoms with Crippen LogP contribution in [0, 0.1) is 17.8 Å². The number of methoxy groups -OCH3 is 1. The SMILES string of the molecule is CCCCSC(CC(=O)OC)C(=O)NCCCCCC(=O)N[C@H](C(=O)N[C@@H](CCCNC(N)=O)C(=O)Nc1ccc(COC(=O)N(C)[C@H](C(=O)N[C@H](C(=O)Nc2ccccc2)C(C)C)C(C)C)cc1)C(C)C. The van der Waals surface area contributed by atoms with Gasteiger partial charge in [-0.15, -0.1) is 11.8 Å². The maximum absolute atomic E-state index is 13.7. The van der Waals surface area contributed by atoms with Gasteiger partial charge in [-0.3, -0.25) is 38.5 Å². The first-order valence-corrected chi connectivity index (χ1v) is 25.8. The van der Waals surface area contributed by atoms with E-state index in [-0.39, 0.29) is 68.4 Å². The molecular weight excluding hydrogens is 947 g/mol. The van der Waals surface area contributed by atoms with Crippen LogP contribution in [-0.4, -0.2) is 121 Å². The number of nitrogens with two attached hydrogens (primary N) is 1. The Morgan fingerprint density at radius 3 is 1.86 bits per heavy atom. The number of ether oxygens (including phenoxy) is 2. The van der Waals surface area contributed by atoms with Crippen molar-refractivity contribution in [1.29, 1.82) is 0 Å². The van der Waals surface area contributed by atoms with Gasteiger partial charge in [0.25, 0.3) is 0 Å². The number of para-hydroxylation sites is 1. The lowest BCUT2D eigenvalue weighted by Crippen LogP contribution is -2.56. The second-order valence-corrected chi connectivity index (χ2v) is 19.8. The van der Waals surface area contributed by atoms with E-state index in [2.05, 4.69) is 44.1 Å². The van der Waals surface area contributed by atoms with Crippen LogP contribution in [0.15, 0.2) is 54.6 Å². The van der Waals surface area contributed by atoms with Crippen molar-refractivity contribution in [3.05, 3.63) is 60.2 Å². The monoisotopic (exact) mass is 1030 g/mol. The number of hydrogen-bond acceptors (Lipinski definition) is 12. The standard InChI is InChI=1S/C51H79N9O11S/c1-10-11-29-72-39(30-41(62)70-9)46(64)53-27-17-13-16-22-40(61)58-42(32(2)3)48(66)57-38(21-18-28-54-50(52)68)45(63)55-37-25-23-35(24-26-37)31-71-51(69)60(8)44(34(6)7)49(67)59-43(33(4)5)47(65)56-36-19-14-12-15-20-36/h12,14-15,19-20,23-26,32-34,38-39,42-44H,10-11,13,16-18,21-22,27-31H2,1-9H3,(H,53,64)(H,55,63)(H,56,65)(H,57,66)(H,58,61)(H,59,67)(H3,52,54,68)/t38-,39?,42-,43-,44-/m0/s1. The van der Waals surface area contributed by atoms with Crippen molar-refractivity contribution in [3.8, 4) is 0 Å². The molecule has 2 rings (SSSR count). The summed E-state index contributed by atoms with van der Waals surface area (Å²) in [7, 11) is 2.74. The molecule has 2 aromatic carbocycles. The molecule has 20 nitrogen and oxygen atoms in total. The zero-order chi connectivity index (χ0) is 53.8. The maximum Gasteiger partial charge on any atom is 0.410 e. The smallest absolute Gasteiger partial charge is 0.410 e. The fraction of sp³-hybridized carbons (Fsp3) is 0.588. The first kappa shape index (κ1) is 61.7. The van der Waals surface area contributed by atoms with Gasteiger partial charge in [-0.25, -0.2) is 9.59 Å². The molecule has 0 radical (unpaired) electrons. The summed E-state index contributed by atoms with van der Waals surface area (Å²) >= 11 is 1.43. The minimum absolute atomic E-state index is 0.0127. The van der Waals surface area contributed by atoms with Crippen molar-refractivity contribution in [2.75, 3.05) is 43.6 Å². The quantitative estimate of drug-likeness (QED) is 0.0346. The van der Waals surface area contributed by atoms with Crippen molar-refractivity contribution in [3.63, 3.8) is 0 Å².